The van der Waals surface area contributed by atoms with Gasteiger partial charge in [0.15, 0.2) is 5.82 Å². The Kier molecular flexibility index (Phi) is 4.52. The molecule has 0 bridgehead atoms. The number of pyridine rings is 3. The van der Waals surface area contributed by atoms with Gasteiger partial charge in [0.25, 0.3) is 11.8 Å². The van der Waals surface area contributed by atoms with Crippen molar-refractivity contribution in [1.82, 2.24) is 15.0 Å². The molecule has 7 nitrogen and oxygen atoms in total. The smallest absolute Gasteiger partial charge is 0.275 e. The summed E-state index contributed by atoms with van der Waals surface area (Å²) in [4.78, 5) is 36.4. The van der Waals surface area contributed by atoms with Crippen molar-refractivity contribution in [3.8, 4) is 0 Å². The second-order valence-electron chi connectivity index (χ2n) is 4.74. The van der Waals surface area contributed by atoms with Crippen LogP contribution in [0.1, 0.15) is 21.0 Å². The molecule has 3 aromatic heterocycles. The third-order valence-electron chi connectivity index (χ3n) is 3.08. The van der Waals surface area contributed by atoms with Crippen molar-refractivity contribution < 1.29 is 9.59 Å². The summed E-state index contributed by atoms with van der Waals surface area (Å²) in [6.07, 6.45) is 4.57. The number of rotatable bonds is 4. The van der Waals surface area contributed by atoms with Crippen LogP contribution in [0.3, 0.4) is 0 Å². The quantitative estimate of drug-likeness (QED) is 0.769. The van der Waals surface area contributed by atoms with E-state index in [9.17, 15) is 9.59 Å². The molecule has 0 fully saturated rings. The monoisotopic (exact) mass is 319 g/mol. The highest BCUT2D eigenvalue weighted by Crippen LogP contribution is 2.19. The number of carbonyl (C=O) groups excluding carboxylic acids is 2. The Morgan fingerprint density at radius 3 is 1.83 bits per heavy atom. The lowest BCUT2D eigenvalue weighted by Gasteiger charge is -2.10. The SMILES string of the molecule is O=C(Nc1cccnc1NC(=O)c1ccccn1)c1ccccn1. The zero-order valence-electron chi connectivity index (χ0n) is 12.5. The number of nitrogens with one attached hydrogen (secondary N) is 2. The molecule has 0 atom stereocenters. The van der Waals surface area contributed by atoms with Crippen molar-refractivity contribution in [3.05, 3.63) is 78.5 Å². The molecule has 0 radical (unpaired) electrons. The van der Waals surface area contributed by atoms with Gasteiger partial charge in [0.05, 0.1) is 5.69 Å². The first-order valence-corrected chi connectivity index (χ1v) is 7.14. The van der Waals surface area contributed by atoms with Crippen LogP contribution in [0.4, 0.5) is 11.5 Å². The van der Waals surface area contributed by atoms with Gasteiger partial charge in [-0.25, -0.2) is 4.98 Å². The van der Waals surface area contributed by atoms with Crippen molar-refractivity contribution in [2.24, 2.45) is 0 Å². The molecular formula is C17H13N5O2. The van der Waals surface area contributed by atoms with Gasteiger partial charge >= 0.3 is 0 Å². The third kappa shape index (κ3) is 3.58. The van der Waals surface area contributed by atoms with Gasteiger partial charge < -0.3 is 10.6 Å². The van der Waals surface area contributed by atoms with Gasteiger partial charge in [0, 0.05) is 18.6 Å². The summed E-state index contributed by atoms with van der Waals surface area (Å²) in [5, 5.41) is 5.32. The average Bonchev–Trinajstić information content (AvgIpc) is 2.64. The molecule has 0 unspecified atom stereocenters. The third-order valence-corrected chi connectivity index (χ3v) is 3.08. The van der Waals surface area contributed by atoms with Crippen molar-refractivity contribution >= 4 is 23.3 Å². The van der Waals surface area contributed by atoms with Crippen LogP contribution in [0.2, 0.25) is 0 Å². The highest BCUT2D eigenvalue weighted by Gasteiger charge is 2.14. The molecule has 0 spiro atoms. The lowest BCUT2D eigenvalue weighted by Crippen LogP contribution is -2.18. The zero-order chi connectivity index (χ0) is 16.8. The molecule has 3 rings (SSSR count). The first kappa shape index (κ1) is 15.3. The van der Waals surface area contributed by atoms with Crippen LogP contribution in [0, 0.1) is 0 Å². The summed E-state index contributed by atoms with van der Waals surface area (Å²) in [5.41, 5.74) is 0.894. The molecule has 2 N–H and O–H groups in total. The summed E-state index contributed by atoms with van der Waals surface area (Å²) in [7, 11) is 0. The van der Waals surface area contributed by atoms with E-state index in [1.54, 1.807) is 48.5 Å². The molecule has 2 amide bonds. The van der Waals surface area contributed by atoms with Gasteiger partial charge in [-0.15, -0.1) is 0 Å². The lowest BCUT2D eigenvalue weighted by atomic mass is 10.3. The van der Waals surface area contributed by atoms with Gasteiger partial charge in [0.2, 0.25) is 0 Å². The van der Waals surface area contributed by atoms with Crippen molar-refractivity contribution in [2.45, 2.75) is 0 Å². The molecule has 7 heteroatoms. The molecule has 0 saturated heterocycles. The van der Waals surface area contributed by atoms with Crippen LogP contribution in [0.25, 0.3) is 0 Å². The minimum atomic E-state index is -0.414. The Hall–Kier alpha value is -3.61. The molecule has 0 aromatic carbocycles. The van der Waals surface area contributed by atoms with Crippen LogP contribution in [0.15, 0.2) is 67.1 Å². The van der Waals surface area contributed by atoms with E-state index in [-0.39, 0.29) is 17.2 Å². The van der Waals surface area contributed by atoms with E-state index in [4.69, 9.17) is 0 Å². The molecule has 0 saturated carbocycles. The highest BCUT2D eigenvalue weighted by molar-refractivity contribution is 6.08. The van der Waals surface area contributed by atoms with Crippen LogP contribution >= 0.6 is 0 Å². The van der Waals surface area contributed by atoms with Crippen molar-refractivity contribution in [1.29, 1.82) is 0 Å². The minimum absolute atomic E-state index is 0.234. The second-order valence-corrected chi connectivity index (χ2v) is 4.74. The molecule has 118 valence electrons. The highest BCUT2D eigenvalue weighted by atomic mass is 16.2. The average molecular weight is 319 g/mol. The number of amides is 2. The maximum absolute atomic E-state index is 12.2. The number of nitrogens with zero attached hydrogens (tertiary/aromatic N) is 3. The zero-order valence-corrected chi connectivity index (χ0v) is 12.5. The lowest BCUT2D eigenvalue weighted by molar-refractivity contribution is 0.101. The molecule has 0 aliphatic rings. The first-order chi connectivity index (χ1) is 11.7. The maximum Gasteiger partial charge on any atom is 0.275 e. The van der Waals surface area contributed by atoms with Crippen LogP contribution in [-0.4, -0.2) is 26.8 Å². The molecule has 0 aliphatic heterocycles. The van der Waals surface area contributed by atoms with E-state index in [0.29, 0.717) is 5.69 Å². The van der Waals surface area contributed by atoms with Gasteiger partial charge in [0.1, 0.15) is 11.4 Å². The van der Waals surface area contributed by atoms with Gasteiger partial charge in [-0.2, -0.15) is 0 Å². The second kappa shape index (κ2) is 7.10. The Bertz CT molecular complexity index is 781. The molecule has 0 aliphatic carbocycles. The van der Waals surface area contributed by atoms with Crippen molar-refractivity contribution in [3.63, 3.8) is 0 Å². The Morgan fingerprint density at radius 2 is 1.25 bits per heavy atom. The summed E-state index contributed by atoms with van der Waals surface area (Å²) >= 11 is 0. The van der Waals surface area contributed by atoms with Crippen LogP contribution in [0.5, 0.6) is 0 Å². The Morgan fingerprint density at radius 1 is 0.667 bits per heavy atom. The minimum Gasteiger partial charge on any atom is -0.317 e. The Balaban J connectivity index is 1.78. The fourth-order valence-corrected chi connectivity index (χ4v) is 1.96. The predicted octanol–water partition coefficient (Wildman–Crippen LogP) is 2.38. The largest absolute Gasteiger partial charge is 0.317 e. The van der Waals surface area contributed by atoms with E-state index in [1.165, 1.54) is 18.6 Å². The standard InChI is InChI=1S/C17H13N5O2/c23-16(13-6-1-3-9-18-13)21-12-8-5-11-20-15(12)22-17(24)14-7-2-4-10-19-14/h1-11H,(H,21,23)(H,20,22,24). The topological polar surface area (TPSA) is 96.9 Å². The maximum atomic E-state index is 12.2. The van der Waals surface area contributed by atoms with Crippen LogP contribution < -0.4 is 10.6 Å². The number of aromatic nitrogens is 3. The van der Waals surface area contributed by atoms with E-state index < -0.39 is 11.8 Å². The fraction of sp³-hybridized carbons (Fsp3) is 0. The van der Waals surface area contributed by atoms with Gasteiger partial charge in [-0.05, 0) is 36.4 Å². The number of carbonyl (C=O) groups is 2. The number of anilines is 2. The Labute approximate surface area is 137 Å². The fourth-order valence-electron chi connectivity index (χ4n) is 1.96. The number of hydrogen-bond donors (Lipinski definition) is 2. The van der Waals surface area contributed by atoms with Gasteiger partial charge in [-0.3, -0.25) is 19.6 Å². The van der Waals surface area contributed by atoms with E-state index in [0.717, 1.165) is 0 Å². The van der Waals surface area contributed by atoms with Crippen LogP contribution in [-0.2, 0) is 0 Å². The van der Waals surface area contributed by atoms with Crippen molar-refractivity contribution in [2.75, 3.05) is 10.6 Å². The summed E-state index contributed by atoms with van der Waals surface area (Å²) in [6, 6.07) is 13.4. The van der Waals surface area contributed by atoms with E-state index >= 15 is 0 Å². The van der Waals surface area contributed by atoms with E-state index in [1.807, 2.05) is 0 Å². The summed E-state index contributed by atoms with van der Waals surface area (Å²) in [5.74, 6) is -0.572. The summed E-state index contributed by atoms with van der Waals surface area (Å²) < 4.78 is 0. The van der Waals surface area contributed by atoms with Gasteiger partial charge in [-0.1, -0.05) is 12.1 Å². The summed E-state index contributed by atoms with van der Waals surface area (Å²) in [6.45, 7) is 0. The molecule has 3 heterocycles. The molecule has 24 heavy (non-hydrogen) atoms. The van der Waals surface area contributed by atoms with E-state index in [2.05, 4.69) is 25.6 Å². The molecule has 3 aromatic rings. The number of hydrogen-bond acceptors (Lipinski definition) is 5. The normalized spacial score (nSPS) is 10.0. The molecular weight excluding hydrogens is 306 g/mol. The first-order valence-electron chi connectivity index (χ1n) is 7.14. The predicted molar refractivity (Wildman–Crippen MR) is 88.6 cm³/mol.